The summed E-state index contributed by atoms with van der Waals surface area (Å²) < 4.78 is 22.8. The normalized spacial score (nSPS) is 13.0. The average molecular weight is 286 g/mol. The maximum atomic E-state index is 11.7. The molecule has 0 aliphatic carbocycles. The summed E-state index contributed by atoms with van der Waals surface area (Å²) in [7, 11) is -3.40. The number of rotatable bonds is 5. The minimum Gasteiger partial charge on any atom is -0.506 e. The zero-order valence-corrected chi connectivity index (χ0v) is 11.7. The van der Waals surface area contributed by atoms with Gasteiger partial charge in [0.05, 0.1) is 16.6 Å². The van der Waals surface area contributed by atoms with Gasteiger partial charge >= 0.3 is 0 Å². The van der Waals surface area contributed by atoms with E-state index in [9.17, 15) is 18.3 Å². The van der Waals surface area contributed by atoms with E-state index in [1.165, 1.54) is 18.2 Å². The van der Waals surface area contributed by atoms with E-state index in [0.717, 1.165) is 12.7 Å². The van der Waals surface area contributed by atoms with Crippen LogP contribution < -0.4 is 11.1 Å². The van der Waals surface area contributed by atoms with Crippen molar-refractivity contribution in [1.82, 2.24) is 0 Å². The third kappa shape index (κ3) is 4.22. The number of phenols is 1. The van der Waals surface area contributed by atoms with Gasteiger partial charge in [-0.15, -0.1) is 0 Å². The topological polar surface area (TPSA) is 109 Å². The van der Waals surface area contributed by atoms with Gasteiger partial charge in [0.2, 0.25) is 5.91 Å². The van der Waals surface area contributed by atoms with Crippen molar-refractivity contribution in [2.45, 2.75) is 30.7 Å². The predicted molar refractivity (Wildman–Crippen MR) is 72.7 cm³/mol. The molecule has 19 heavy (non-hydrogen) atoms. The molecule has 0 radical (unpaired) electrons. The molecule has 1 atom stereocenters. The van der Waals surface area contributed by atoms with E-state index in [1.54, 1.807) is 0 Å². The van der Waals surface area contributed by atoms with Crippen LogP contribution >= 0.6 is 0 Å². The largest absolute Gasteiger partial charge is 0.506 e. The van der Waals surface area contributed by atoms with E-state index in [-0.39, 0.29) is 16.3 Å². The molecule has 0 heterocycles. The molecule has 0 fully saturated rings. The molecule has 106 valence electrons. The lowest BCUT2D eigenvalue weighted by atomic mass is 10.1. The number of carbonyl (C=O) groups is 1. The summed E-state index contributed by atoms with van der Waals surface area (Å²) in [6.45, 7) is 1.90. The molecular formula is C12H18N2O4S. The Morgan fingerprint density at radius 3 is 2.63 bits per heavy atom. The van der Waals surface area contributed by atoms with Crippen molar-refractivity contribution in [3.05, 3.63) is 18.2 Å². The maximum Gasteiger partial charge on any atom is 0.241 e. The standard InChI is InChI=1S/C12H18N2O4S/c1-3-4-9(13)12(16)14-10-7-8(19(2,17)18)5-6-11(10)15/h5-7,9,15H,3-4,13H2,1-2H3,(H,14,16). The minimum absolute atomic E-state index is 0.0182. The van der Waals surface area contributed by atoms with Crippen LogP contribution in [0.15, 0.2) is 23.1 Å². The lowest BCUT2D eigenvalue weighted by molar-refractivity contribution is -0.117. The lowest BCUT2D eigenvalue weighted by Gasteiger charge is -2.13. The Morgan fingerprint density at radius 2 is 2.11 bits per heavy atom. The van der Waals surface area contributed by atoms with E-state index < -0.39 is 21.8 Å². The number of amides is 1. The summed E-state index contributed by atoms with van der Waals surface area (Å²) in [5.74, 6) is -0.660. The van der Waals surface area contributed by atoms with E-state index in [1.807, 2.05) is 6.92 Å². The van der Waals surface area contributed by atoms with E-state index in [0.29, 0.717) is 6.42 Å². The second kappa shape index (κ2) is 6.03. The Kier molecular flexibility index (Phi) is 4.90. The molecule has 7 heteroatoms. The smallest absolute Gasteiger partial charge is 0.241 e. The molecule has 0 saturated heterocycles. The van der Waals surface area contributed by atoms with Crippen LogP contribution in [0.4, 0.5) is 5.69 Å². The van der Waals surface area contributed by atoms with Crippen LogP contribution in [0.25, 0.3) is 0 Å². The highest BCUT2D eigenvalue weighted by atomic mass is 32.2. The zero-order chi connectivity index (χ0) is 14.6. The number of nitrogens with two attached hydrogens (primary N) is 1. The van der Waals surface area contributed by atoms with Crippen LogP contribution in [0.1, 0.15) is 19.8 Å². The van der Waals surface area contributed by atoms with Gasteiger partial charge in [-0.2, -0.15) is 0 Å². The molecule has 0 aromatic heterocycles. The number of nitrogens with one attached hydrogen (secondary N) is 1. The van der Waals surface area contributed by atoms with Crippen molar-refractivity contribution in [1.29, 1.82) is 0 Å². The number of anilines is 1. The summed E-state index contributed by atoms with van der Waals surface area (Å²) in [4.78, 5) is 11.7. The Balaban J connectivity index is 2.98. The molecule has 1 amide bonds. The molecule has 1 unspecified atom stereocenters. The Morgan fingerprint density at radius 1 is 1.47 bits per heavy atom. The fraction of sp³-hybridized carbons (Fsp3) is 0.417. The van der Waals surface area contributed by atoms with Gasteiger partial charge in [-0.05, 0) is 24.6 Å². The van der Waals surface area contributed by atoms with Crippen molar-refractivity contribution in [3.63, 3.8) is 0 Å². The molecule has 1 rings (SSSR count). The van der Waals surface area contributed by atoms with Gasteiger partial charge in [-0.1, -0.05) is 13.3 Å². The third-order valence-electron chi connectivity index (χ3n) is 2.59. The van der Waals surface area contributed by atoms with Gasteiger partial charge in [-0.3, -0.25) is 4.79 Å². The summed E-state index contributed by atoms with van der Waals surface area (Å²) in [5, 5.41) is 12.0. The first kappa shape index (κ1) is 15.5. The molecule has 6 nitrogen and oxygen atoms in total. The average Bonchev–Trinajstić information content (AvgIpc) is 2.30. The molecule has 1 aromatic carbocycles. The van der Waals surface area contributed by atoms with Crippen LogP contribution in [-0.2, 0) is 14.6 Å². The van der Waals surface area contributed by atoms with Gasteiger partial charge in [0, 0.05) is 6.26 Å². The third-order valence-corrected chi connectivity index (χ3v) is 3.70. The SMILES string of the molecule is CCCC(N)C(=O)Nc1cc(S(C)(=O)=O)ccc1O. The zero-order valence-electron chi connectivity index (χ0n) is 10.9. The Hall–Kier alpha value is -1.60. The molecule has 0 saturated carbocycles. The fourth-order valence-corrected chi connectivity index (χ4v) is 2.16. The second-order valence-corrected chi connectivity index (χ2v) is 6.35. The van der Waals surface area contributed by atoms with Gasteiger partial charge < -0.3 is 16.2 Å². The highest BCUT2D eigenvalue weighted by Gasteiger charge is 2.16. The quantitative estimate of drug-likeness (QED) is 0.695. The monoisotopic (exact) mass is 286 g/mol. The first-order valence-corrected chi connectivity index (χ1v) is 7.74. The molecule has 0 aliphatic heterocycles. The number of phenolic OH excluding ortho intramolecular Hbond substituents is 1. The Bertz CT molecular complexity index is 569. The van der Waals surface area contributed by atoms with Crippen molar-refractivity contribution in [2.24, 2.45) is 5.73 Å². The van der Waals surface area contributed by atoms with Crippen LogP contribution in [0.3, 0.4) is 0 Å². The van der Waals surface area contributed by atoms with Crippen LogP contribution in [0, 0.1) is 0 Å². The van der Waals surface area contributed by atoms with Crippen molar-refractivity contribution in [2.75, 3.05) is 11.6 Å². The fourth-order valence-electron chi connectivity index (χ4n) is 1.51. The van der Waals surface area contributed by atoms with Crippen molar-refractivity contribution < 1.29 is 18.3 Å². The Labute approximate surface area is 112 Å². The highest BCUT2D eigenvalue weighted by Crippen LogP contribution is 2.26. The van der Waals surface area contributed by atoms with Gasteiger partial charge in [-0.25, -0.2) is 8.42 Å². The first-order chi connectivity index (χ1) is 8.75. The molecule has 4 N–H and O–H groups in total. The molecule has 0 aliphatic rings. The molecular weight excluding hydrogens is 268 g/mol. The number of sulfone groups is 1. The van der Waals surface area contributed by atoms with Crippen LogP contribution in [0.5, 0.6) is 5.75 Å². The van der Waals surface area contributed by atoms with E-state index >= 15 is 0 Å². The van der Waals surface area contributed by atoms with Gasteiger partial charge in [0.1, 0.15) is 5.75 Å². The van der Waals surface area contributed by atoms with Gasteiger partial charge in [0.25, 0.3) is 0 Å². The highest BCUT2D eigenvalue weighted by molar-refractivity contribution is 7.90. The maximum absolute atomic E-state index is 11.7. The number of carbonyl (C=O) groups excluding carboxylic acids is 1. The number of benzene rings is 1. The van der Waals surface area contributed by atoms with Crippen molar-refractivity contribution >= 4 is 21.4 Å². The number of hydrogen-bond acceptors (Lipinski definition) is 5. The van der Waals surface area contributed by atoms with Crippen LogP contribution in [0.2, 0.25) is 0 Å². The molecule has 0 spiro atoms. The van der Waals surface area contributed by atoms with Crippen molar-refractivity contribution in [3.8, 4) is 5.75 Å². The summed E-state index contributed by atoms with van der Waals surface area (Å²) in [5.41, 5.74) is 5.68. The predicted octanol–water partition coefficient (Wildman–Crippen LogP) is 0.862. The summed E-state index contributed by atoms with van der Waals surface area (Å²) in [6, 6.07) is 3.01. The molecule has 1 aromatic rings. The van der Waals surface area contributed by atoms with Crippen LogP contribution in [-0.4, -0.2) is 31.7 Å². The summed E-state index contributed by atoms with van der Waals surface area (Å²) in [6.07, 6.45) is 2.32. The number of hydrogen-bond donors (Lipinski definition) is 3. The second-order valence-electron chi connectivity index (χ2n) is 4.34. The first-order valence-electron chi connectivity index (χ1n) is 5.85. The lowest BCUT2D eigenvalue weighted by Crippen LogP contribution is -2.35. The van der Waals surface area contributed by atoms with E-state index in [2.05, 4.69) is 5.32 Å². The minimum atomic E-state index is -3.40. The van der Waals surface area contributed by atoms with Gasteiger partial charge in [0.15, 0.2) is 9.84 Å². The number of aromatic hydroxyl groups is 1. The van der Waals surface area contributed by atoms with E-state index in [4.69, 9.17) is 5.73 Å². The summed E-state index contributed by atoms with van der Waals surface area (Å²) >= 11 is 0. The molecule has 0 bridgehead atoms.